The van der Waals surface area contributed by atoms with Crippen LogP contribution in [0, 0.1) is 17.8 Å². The second kappa shape index (κ2) is 7.01. The fourth-order valence-corrected chi connectivity index (χ4v) is 3.07. The zero-order valence-corrected chi connectivity index (χ0v) is 12.4. The Morgan fingerprint density at radius 2 is 2.19 bits per heavy atom. The second-order valence-electron chi connectivity index (χ2n) is 5.16. The van der Waals surface area contributed by atoms with Crippen LogP contribution < -0.4 is 11.1 Å². The summed E-state index contributed by atoms with van der Waals surface area (Å²) in [7, 11) is 0. The molecular weight excluding hydrogens is 294 g/mol. The molecule has 3 N–H and O–H groups in total. The van der Waals surface area contributed by atoms with Crippen molar-refractivity contribution in [1.82, 2.24) is 5.32 Å². The summed E-state index contributed by atoms with van der Waals surface area (Å²) < 4.78 is 26.1. The van der Waals surface area contributed by atoms with Crippen LogP contribution >= 0.6 is 11.3 Å². The van der Waals surface area contributed by atoms with Gasteiger partial charge in [0.05, 0.1) is 13.1 Å². The van der Waals surface area contributed by atoms with Crippen LogP contribution in [0.2, 0.25) is 0 Å². The van der Waals surface area contributed by atoms with E-state index < -0.39 is 5.92 Å². The lowest BCUT2D eigenvalue weighted by molar-refractivity contribution is -0.129. The van der Waals surface area contributed by atoms with Gasteiger partial charge in [0, 0.05) is 34.6 Å². The summed E-state index contributed by atoms with van der Waals surface area (Å²) in [4.78, 5) is 13.0. The van der Waals surface area contributed by atoms with Gasteiger partial charge in [0.2, 0.25) is 11.8 Å². The summed E-state index contributed by atoms with van der Waals surface area (Å²) >= 11 is 1.51. The van der Waals surface area contributed by atoms with Gasteiger partial charge in [-0.1, -0.05) is 11.8 Å². The molecule has 0 radical (unpaired) electrons. The molecule has 1 aromatic rings. The first-order valence-corrected chi connectivity index (χ1v) is 7.80. The molecule has 1 saturated carbocycles. The highest BCUT2D eigenvalue weighted by Gasteiger charge is 2.37. The molecule has 2 rings (SSSR count). The highest BCUT2D eigenvalue weighted by molar-refractivity contribution is 7.10. The van der Waals surface area contributed by atoms with Crippen molar-refractivity contribution in [2.24, 2.45) is 11.7 Å². The third kappa shape index (κ3) is 4.80. The minimum Gasteiger partial charge on any atom is -0.351 e. The molecule has 0 atom stereocenters. The second-order valence-corrected chi connectivity index (χ2v) is 6.15. The zero-order chi connectivity index (χ0) is 15.3. The van der Waals surface area contributed by atoms with Crippen LogP contribution in [0.25, 0.3) is 0 Å². The Bertz CT molecular complexity index is 550. The average Bonchev–Trinajstić information content (AvgIpc) is 2.90. The maximum atomic E-state index is 13.0. The first-order chi connectivity index (χ1) is 10.00. The smallest absolute Gasteiger partial charge is 0.248 e. The van der Waals surface area contributed by atoms with E-state index in [-0.39, 0.29) is 37.5 Å². The normalized spacial score (nSPS) is 17.9. The van der Waals surface area contributed by atoms with Crippen LogP contribution in [-0.2, 0) is 11.3 Å². The summed E-state index contributed by atoms with van der Waals surface area (Å²) in [6.45, 7) is 0.731. The molecule has 0 bridgehead atoms. The van der Waals surface area contributed by atoms with E-state index in [9.17, 15) is 13.6 Å². The Morgan fingerprint density at radius 3 is 2.86 bits per heavy atom. The molecule has 0 aromatic carbocycles. The van der Waals surface area contributed by atoms with Gasteiger partial charge in [0.1, 0.15) is 0 Å². The number of nitrogens with one attached hydrogen (secondary N) is 1. The molecule has 0 aliphatic heterocycles. The molecule has 1 amide bonds. The lowest BCUT2D eigenvalue weighted by Crippen LogP contribution is -2.35. The molecule has 0 spiro atoms. The monoisotopic (exact) mass is 312 g/mol. The number of nitrogens with two attached hydrogens (primary N) is 1. The number of hydrogen-bond acceptors (Lipinski definition) is 3. The number of rotatable bonds is 3. The minimum atomic E-state index is -2.60. The van der Waals surface area contributed by atoms with E-state index in [1.807, 2.05) is 11.4 Å². The summed E-state index contributed by atoms with van der Waals surface area (Å²) in [5.41, 5.74) is 6.18. The predicted octanol–water partition coefficient (Wildman–Crippen LogP) is 2.50. The van der Waals surface area contributed by atoms with Gasteiger partial charge < -0.3 is 11.1 Å². The summed E-state index contributed by atoms with van der Waals surface area (Å²) in [5, 5.41) is 4.73. The number of halogens is 2. The van der Waals surface area contributed by atoms with Crippen molar-refractivity contribution in [2.75, 3.05) is 6.54 Å². The van der Waals surface area contributed by atoms with Gasteiger partial charge in [0.15, 0.2) is 0 Å². The zero-order valence-electron chi connectivity index (χ0n) is 11.6. The highest BCUT2D eigenvalue weighted by atomic mass is 32.1. The molecule has 1 fully saturated rings. The van der Waals surface area contributed by atoms with Crippen LogP contribution in [0.15, 0.2) is 11.4 Å². The van der Waals surface area contributed by atoms with E-state index in [0.717, 1.165) is 10.4 Å². The van der Waals surface area contributed by atoms with Gasteiger partial charge in [-0.3, -0.25) is 4.79 Å². The van der Waals surface area contributed by atoms with Crippen LogP contribution in [0.4, 0.5) is 8.78 Å². The average molecular weight is 312 g/mol. The summed E-state index contributed by atoms with van der Waals surface area (Å²) in [6, 6.07) is 1.91. The molecule has 114 valence electrons. The molecule has 1 aliphatic carbocycles. The van der Waals surface area contributed by atoms with Crippen molar-refractivity contribution in [3.05, 3.63) is 21.9 Å². The van der Waals surface area contributed by atoms with Crippen LogP contribution in [0.5, 0.6) is 0 Å². The molecule has 1 aliphatic rings. The minimum absolute atomic E-state index is 0.131. The number of carbonyl (C=O) groups excluding carboxylic acids is 1. The quantitative estimate of drug-likeness (QED) is 0.843. The number of amides is 1. The van der Waals surface area contributed by atoms with Crippen molar-refractivity contribution < 1.29 is 13.6 Å². The van der Waals surface area contributed by atoms with Gasteiger partial charge in [-0.05, 0) is 18.9 Å². The molecule has 21 heavy (non-hydrogen) atoms. The Kier molecular flexibility index (Phi) is 5.32. The predicted molar refractivity (Wildman–Crippen MR) is 79.0 cm³/mol. The first kappa shape index (κ1) is 15.9. The van der Waals surface area contributed by atoms with E-state index in [4.69, 9.17) is 5.73 Å². The van der Waals surface area contributed by atoms with Crippen molar-refractivity contribution in [2.45, 2.75) is 38.2 Å². The molecule has 0 unspecified atom stereocenters. The summed E-state index contributed by atoms with van der Waals surface area (Å²) in [5.74, 6) is 2.67. The molecule has 1 heterocycles. The van der Waals surface area contributed by atoms with Gasteiger partial charge in [-0.25, -0.2) is 8.78 Å². The number of alkyl halides is 2. The molecule has 1 aromatic heterocycles. The summed E-state index contributed by atoms with van der Waals surface area (Å²) in [6.07, 6.45) is 0.138. The van der Waals surface area contributed by atoms with Gasteiger partial charge in [-0.15, -0.1) is 11.3 Å². The Morgan fingerprint density at radius 1 is 1.48 bits per heavy atom. The van der Waals surface area contributed by atoms with Crippen LogP contribution in [-0.4, -0.2) is 18.4 Å². The number of carbonyl (C=O) groups is 1. The standard InChI is InChI=1S/C15H18F2N2OS/c16-15(17)5-3-12(4-6-15)14(20)19-9-13-8-11(10-21-13)2-1-7-18/h8,10,12H,3-7,9,18H2,(H,19,20). The van der Waals surface area contributed by atoms with Crippen LogP contribution in [0.1, 0.15) is 36.1 Å². The third-order valence-electron chi connectivity index (χ3n) is 3.51. The fraction of sp³-hybridized carbons (Fsp3) is 0.533. The Hall–Kier alpha value is -1.45. The first-order valence-electron chi connectivity index (χ1n) is 6.92. The van der Waals surface area contributed by atoms with E-state index in [2.05, 4.69) is 17.2 Å². The van der Waals surface area contributed by atoms with Gasteiger partial charge >= 0.3 is 0 Å². The molecule has 0 saturated heterocycles. The lowest BCUT2D eigenvalue weighted by Gasteiger charge is -2.27. The fourth-order valence-electron chi connectivity index (χ4n) is 2.31. The van der Waals surface area contributed by atoms with Crippen molar-refractivity contribution in [1.29, 1.82) is 0 Å². The Balaban J connectivity index is 1.80. The largest absolute Gasteiger partial charge is 0.351 e. The maximum absolute atomic E-state index is 13.0. The van der Waals surface area contributed by atoms with E-state index in [0.29, 0.717) is 13.1 Å². The van der Waals surface area contributed by atoms with E-state index in [1.54, 1.807) is 0 Å². The highest BCUT2D eigenvalue weighted by Crippen LogP contribution is 2.36. The van der Waals surface area contributed by atoms with Gasteiger partial charge in [0.25, 0.3) is 0 Å². The lowest BCUT2D eigenvalue weighted by atomic mass is 9.86. The molecule has 6 heteroatoms. The number of hydrogen-bond donors (Lipinski definition) is 2. The third-order valence-corrected chi connectivity index (χ3v) is 4.45. The molecule has 3 nitrogen and oxygen atoms in total. The van der Waals surface area contributed by atoms with Crippen molar-refractivity contribution >= 4 is 17.2 Å². The topological polar surface area (TPSA) is 55.1 Å². The van der Waals surface area contributed by atoms with Crippen molar-refractivity contribution in [3.63, 3.8) is 0 Å². The maximum Gasteiger partial charge on any atom is 0.248 e. The Labute approximate surface area is 126 Å². The van der Waals surface area contributed by atoms with Crippen molar-refractivity contribution in [3.8, 4) is 11.8 Å². The van der Waals surface area contributed by atoms with Crippen LogP contribution in [0.3, 0.4) is 0 Å². The van der Waals surface area contributed by atoms with Gasteiger partial charge in [-0.2, -0.15) is 0 Å². The SMILES string of the molecule is NCC#Cc1csc(CNC(=O)C2CCC(F)(F)CC2)c1. The van der Waals surface area contributed by atoms with E-state index >= 15 is 0 Å². The van der Waals surface area contributed by atoms with E-state index in [1.165, 1.54) is 11.3 Å². The number of thiophene rings is 1. The molecular formula is C15H18F2N2OS.